The Morgan fingerprint density at radius 3 is 2.52 bits per heavy atom. The van der Waals surface area contributed by atoms with Crippen molar-refractivity contribution in [1.82, 2.24) is 10.2 Å². The minimum absolute atomic E-state index is 0.0155. The topological polar surface area (TPSA) is 75.7 Å². The summed E-state index contributed by atoms with van der Waals surface area (Å²) in [5.41, 5.74) is 2.91. The fraction of sp³-hybridized carbons (Fsp3) is 0.478. The summed E-state index contributed by atoms with van der Waals surface area (Å²) in [5, 5.41) is 4.72. The van der Waals surface area contributed by atoms with Crippen molar-refractivity contribution >= 4 is 27.8 Å². The Kier molecular flexibility index (Phi) is 5.85. The molecule has 6 heteroatoms. The van der Waals surface area contributed by atoms with Crippen molar-refractivity contribution in [2.24, 2.45) is 0 Å². The van der Waals surface area contributed by atoms with Crippen LogP contribution in [0.25, 0.3) is 21.9 Å². The average Bonchev–Trinajstić information content (AvgIpc) is 3.04. The SMILES string of the molecule is Cc1c(CC(=O)NCCCN(C)C)c(=O)oc2cc3occ(C(C)(C)C)c3cc12. The second-order valence-corrected chi connectivity index (χ2v) is 8.92. The molecule has 29 heavy (non-hydrogen) atoms. The van der Waals surface area contributed by atoms with Crippen LogP contribution in [-0.4, -0.2) is 38.0 Å². The molecule has 1 aromatic carbocycles. The van der Waals surface area contributed by atoms with Crippen LogP contribution < -0.4 is 10.9 Å². The van der Waals surface area contributed by atoms with Crippen LogP contribution in [0.15, 0.2) is 32.0 Å². The number of nitrogens with zero attached hydrogens (tertiary/aromatic N) is 1. The lowest BCUT2D eigenvalue weighted by molar-refractivity contribution is -0.120. The van der Waals surface area contributed by atoms with Crippen LogP contribution in [0.5, 0.6) is 0 Å². The maximum Gasteiger partial charge on any atom is 0.340 e. The van der Waals surface area contributed by atoms with Gasteiger partial charge in [0, 0.05) is 28.9 Å². The van der Waals surface area contributed by atoms with Gasteiger partial charge in [0.2, 0.25) is 5.91 Å². The first kappa shape index (κ1) is 21.1. The second kappa shape index (κ2) is 8.03. The van der Waals surface area contributed by atoms with Gasteiger partial charge in [-0.25, -0.2) is 4.79 Å². The van der Waals surface area contributed by atoms with Crippen molar-refractivity contribution in [2.45, 2.75) is 46.0 Å². The summed E-state index contributed by atoms with van der Waals surface area (Å²) in [7, 11) is 3.99. The zero-order valence-electron chi connectivity index (χ0n) is 18.1. The fourth-order valence-electron chi connectivity index (χ4n) is 3.54. The van der Waals surface area contributed by atoms with Crippen molar-refractivity contribution in [3.63, 3.8) is 0 Å². The van der Waals surface area contributed by atoms with Gasteiger partial charge in [-0.1, -0.05) is 20.8 Å². The van der Waals surface area contributed by atoms with E-state index < -0.39 is 5.63 Å². The van der Waals surface area contributed by atoms with Crippen molar-refractivity contribution in [3.05, 3.63) is 45.5 Å². The van der Waals surface area contributed by atoms with Crippen LogP contribution in [0.3, 0.4) is 0 Å². The second-order valence-electron chi connectivity index (χ2n) is 8.92. The molecule has 6 nitrogen and oxygen atoms in total. The predicted molar refractivity (Wildman–Crippen MR) is 116 cm³/mol. The third-order valence-corrected chi connectivity index (χ3v) is 5.23. The summed E-state index contributed by atoms with van der Waals surface area (Å²) < 4.78 is 11.2. The highest BCUT2D eigenvalue weighted by molar-refractivity contribution is 5.97. The monoisotopic (exact) mass is 398 g/mol. The molecule has 1 N–H and O–H groups in total. The highest BCUT2D eigenvalue weighted by Gasteiger charge is 2.22. The van der Waals surface area contributed by atoms with E-state index in [-0.39, 0.29) is 17.7 Å². The van der Waals surface area contributed by atoms with Crippen molar-refractivity contribution < 1.29 is 13.6 Å². The van der Waals surface area contributed by atoms with Gasteiger partial charge in [0.1, 0.15) is 11.2 Å². The Hall–Kier alpha value is -2.60. The van der Waals surface area contributed by atoms with Gasteiger partial charge in [0.05, 0.1) is 18.2 Å². The number of amides is 1. The van der Waals surface area contributed by atoms with E-state index >= 15 is 0 Å². The van der Waals surface area contributed by atoms with E-state index in [0.717, 1.165) is 34.9 Å². The van der Waals surface area contributed by atoms with Crippen LogP contribution in [0.1, 0.15) is 43.9 Å². The number of carbonyl (C=O) groups excluding carboxylic acids is 1. The molecule has 2 heterocycles. The molecule has 2 aromatic heterocycles. The van der Waals surface area contributed by atoms with Gasteiger partial charge in [0.25, 0.3) is 0 Å². The number of hydrogen-bond acceptors (Lipinski definition) is 5. The van der Waals surface area contributed by atoms with Gasteiger partial charge in [-0.15, -0.1) is 0 Å². The number of aryl methyl sites for hydroxylation is 1. The normalized spacial score (nSPS) is 12.2. The third-order valence-electron chi connectivity index (χ3n) is 5.23. The maximum atomic E-state index is 12.5. The number of benzene rings is 1. The highest BCUT2D eigenvalue weighted by Crippen LogP contribution is 2.35. The Bertz CT molecular complexity index is 1100. The molecule has 0 fully saturated rings. The van der Waals surface area contributed by atoms with Crippen molar-refractivity contribution in [3.8, 4) is 0 Å². The van der Waals surface area contributed by atoms with Crippen molar-refractivity contribution in [2.75, 3.05) is 27.2 Å². The van der Waals surface area contributed by atoms with Gasteiger partial charge in [-0.2, -0.15) is 0 Å². The Balaban J connectivity index is 1.93. The van der Waals surface area contributed by atoms with Crippen LogP contribution in [0, 0.1) is 6.92 Å². The Morgan fingerprint density at radius 1 is 1.14 bits per heavy atom. The van der Waals surface area contributed by atoms with Gasteiger partial charge >= 0.3 is 5.63 Å². The average molecular weight is 399 g/mol. The molecular weight excluding hydrogens is 368 g/mol. The van der Waals surface area contributed by atoms with Crippen LogP contribution in [-0.2, 0) is 16.6 Å². The molecule has 0 unspecified atom stereocenters. The largest absolute Gasteiger partial charge is 0.464 e. The van der Waals surface area contributed by atoms with Crippen LogP contribution in [0.2, 0.25) is 0 Å². The Labute approximate surface area is 170 Å². The summed E-state index contributed by atoms with van der Waals surface area (Å²) in [5.74, 6) is -0.168. The number of hydrogen-bond donors (Lipinski definition) is 1. The minimum atomic E-state index is -0.472. The first-order valence-electron chi connectivity index (χ1n) is 9.97. The molecule has 0 radical (unpaired) electrons. The first-order chi connectivity index (χ1) is 13.6. The molecule has 0 saturated carbocycles. The van der Waals surface area contributed by atoms with E-state index in [1.54, 1.807) is 12.3 Å². The summed E-state index contributed by atoms with van der Waals surface area (Å²) >= 11 is 0. The van der Waals surface area contributed by atoms with Crippen molar-refractivity contribution in [1.29, 1.82) is 0 Å². The zero-order chi connectivity index (χ0) is 21.3. The minimum Gasteiger partial charge on any atom is -0.464 e. The molecule has 3 aromatic rings. The van der Waals surface area contributed by atoms with E-state index in [9.17, 15) is 9.59 Å². The lowest BCUT2D eigenvalue weighted by Crippen LogP contribution is -2.30. The zero-order valence-corrected chi connectivity index (χ0v) is 18.1. The van der Waals surface area contributed by atoms with E-state index in [1.807, 2.05) is 27.1 Å². The fourth-order valence-corrected chi connectivity index (χ4v) is 3.54. The summed E-state index contributed by atoms with van der Waals surface area (Å²) in [6, 6.07) is 3.77. The molecule has 0 spiro atoms. The molecule has 1 amide bonds. The van der Waals surface area contributed by atoms with Gasteiger partial charge in [-0.05, 0) is 51.0 Å². The van der Waals surface area contributed by atoms with E-state index in [0.29, 0.717) is 23.3 Å². The van der Waals surface area contributed by atoms with E-state index in [4.69, 9.17) is 8.83 Å². The molecule has 3 rings (SSSR count). The van der Waals surface area contributed by atoms with Gasteiger partial charge in [0.15, 0.2) is 0 Å². The molecule has 0 saturated heterocycles. The Morgan fingerprint density at radius 2 is 1.86 bits per heavy atom. The molecule has 0 aliphatic heterocycles. The number of carbonyl (C=O) groups is 1. The van der Waals surface area contributed by atoms with E-state index in [1.165, 1.54) is 0 Å². The molecule has 156 valence electrons. The van der Waals surface area contributed by atoms with Gasteiger partial charge in [-0.3, -0.25) is 4.79 Å². The predicted octanol–water partition coefficient (Wildman–Crippen LogP) is 3.76. The molecular formula is C23H30N2O4. The summed E-state index contributed by atoms with van der Waals surface area (Å²) in [6.45, 7) is 9.74. The molecule has 0 atom stereocenters. The first-order valence-corrected chi connectivity index (χ1v) is 9.97. The molecule has 0 aliphatic carbocycles. The van der Waals surface area contributed by atoms with Gasteiger partial charge < -0.3 is 19.1 Å². The smallest absolute Gasteiger partial charge is 0.340 e. The third kappa shape index (κ3) is 4.53. The maximum absolute atomic E-state index is 12.5. The van der Waals surface area contributed by atoms with Crippen LogP contribution >= 0.6 is 0 Å². The molecule has 0 aliphatic rings. The standard InChI is InChI=1S/C23H30N2O4/c1-14-15-10-17-18(23(2,3)4)13-28-19(17)12-20(15)29-22(27)16(14)11-21(26)24-8-7-9-25(5)6/h10,12-13H,7-9,11H2,1-6H3,(H,24,26). The number of fused-ring (bicyclic) bond motifs is 2. The number of furan rings is 1. The summed E-state index contributed by atoms with van der Waals surface area (Å²) in [6.07, 6.45) is 2.64. The van der Waals surface area contributed by atoms with E-state index in [2.05, 4.69) is 31.0 Å². The lowest BCUT2D eigenvalue weighted by atomic mass is 9.86. The number of rotatable bonds is 6. The molecule has 0 bridgehead atoms. The lowest BCUT2D eigenvalue weighted by Gasteiger charge is -2.16. The summed E-state index contributed by atoms with van der Waals surface area (Å²) in [4.78, 5) is 26.9. The highest BCUT2D eigenvalue weighted by atomic mass is 16.4. The quantitative estimate of drug-likeness (QED) is 0.505. The number of nitrogens with one attached hydrogen (secondary N) is 1. The van der Waals surface area contributed by atoms with Crippen LogP contribution in [0.4, 0.5) is 0 Å².